The maximum atomic E-state index is 10.7. The van der Waals surface area contributed by atoms with Crippen molar-refractivity contribution >= 4 is 0 Å². The van der Waals surface area contributed by atoms with E-state index in [0.29, 0.717) is 18.2 Å². The smallest absolute Gasteiger partial charge is 0.287 e. The van der Waals surface area contributed by atoms with Crippen molar-refractivity contribution in [1.82, 2.24) is 5.32 Å². The molecule has 0 aliphatic heterocycles. The summed E-state index contributed by atoms with van der Waals surface area (Å²) in [6.07, 6.45) is 6.64. The number of nitrogens with one attached hydrogen (secondary N) is 1. The summed E-state index contributed by atoms with van der Waals surface area (Å²) < 4.78 is 0. The van der Waals surface area contributed by atoms with Gasteiger partial charge in [-0.3, -0.25) is 10.1 Å². The first kappa shape index (κ1) is 11.8. The quantitative estimate of drug-likeness (QED) is 0.431. The Morgan fingerprint density at radius 2 is 2.20 bits per heavy atom. The van der Waals surface area contributed by atoms with Gasteiger partial charge >= 0.3 is 0 Å². The first-order chi connectivity index (χ1) is 7.19. The van der Waals surface area contributed by atoms with E-state index in [1.54, 1.807) is 0 Å². The van der Waals surface area contributed by atoms with Gasteiger partial charge in [0, 0.05) is 12.1 Å². The molecule has 0 heterocycles. The second-order valence-electron chi connectivity index (χ2n) is 3.80. The molecule has 1 saturated carbocycles. The van der Waals surface area contributed by atoms with E-state index in [1.165, 1.54) is 18.9 Å². The summed E-state index contributed by atoms with van der Waals surface area (Å²) in [6.45, 7) is 5.41. The van der Waals surface area contributed by atoms with Gasteiger partial charge in [0.2, 0.25) is 0 Å². The minimum Gasteiger partial charge on any atom is -0.380 e. The monoisotopic (exact) mass is 210 g/mol. The van der Waals surface area contributed by atoms with Crippen LogP contribution in [-0.4, -0.2) is 11.0 Å². The summed E-state index contributed by atoms with van der Waals surface area (Å²) in [5.74, 6) is 0. The van der Waals surface area contributed by atoms with Gasteiger partial charge in [-0.1, -0.05) is 26.3 Å². The Hall–Kier alpha value is -1.32. The van der Waals surface area contributed by atoms with E-state index in [1.807, 2.05) is 6.92 Å². The number of hydrogen-bond acceptors (Lipinski definition) is 3. The van der Waals surface area contributed by atoms with E-state index >= 15 is 0 Å². The fourth-order valence-corrected chi connectivity index (χ4v) is 1.98. The first-order valence-corrected chi connectivity index (χ1v) is 5.45. The van der Waals surface area contributed by atoms with Crippen molar-refractivity contribution in [3.05, 3.63) is 34.2 Å². The van der Waals surface area contributed by atoms with Gasteiger partial charge in [0.05, 0.1) is 10.6 Å². The molecule has 0 aromatic carbocycles. The van der Waals surface area contributed by atoms with Crippen molar-refractivity contribution < 1.29 is 4.92 Å². The zero-order valence-corrected chi connectivity index (χ0v) is 9.16. The summed E-state index contributed by atoms with van der Waals surface area (Å²) in [6, 6.07) is 0.412. The van der Waals surface area contributed by atoms with Crippen molar-refractivity contribution in [2.24, 2.45) is 0 Å². The Bertz CT molecular complexity index is 278. The van der Waals surface area contributed by atoms with Gasteiger partial charge < -0.3 is 5.32 Å². The lowest BCUT2D eigenvalue weighted by atomic mass is 10.2. The Morgan fingerprint density at radius 1 is 1.60 bits per heavy atom. The van der Waals surface area contributed by atoms with Crippen LogP contribution in [0.3, 0.4) is 0 Å². The van der Waals surface area contributed by atoms with E-state index in [2.05, 4.69) is 11.9 Å². The SMILES string of the molecule is C=C/C(=C(\CC)NC1CCCC1)[N+](=O)[O-]. The van der Waals surface area contributed by atoms with Crippen LogP contribution in [0.5, 0.6) is 0 Å². The maximum Gasteiger partial charge on any atom is 0.287 e. The number of rotatable bonds is 5. The number of hydrogen-bond donors (Lipinski definition) is 1. The van der Waals surface area contributed by atoms with E-state index in [9.17, 15) is 10.1 Å². The lowest BCUT2D eigenvalue weighted by Gasteiger charge is -2.15. The summed E-state index contributed by atoms with van der Waals surface area (Å²) in [5, 5.41) is 14.0. The van der Waals surface area contributed by atoms with Gasteiger partial charge in [-0.2, -0.15) is 0 Å². The van der Waals surface area contributed by atoms with Crippen LogP contribution < -0.4 is 5.32 Å². The van der Waals surface area contributed by atoms with Gasteiger partial charge in [-0.15, -0.1) is 0 Å². The van der Waals surface area contributed by atoms with Gasteiger partial charge in [0.25, 0.3) is 5.70 Å². The van der Waals surface area contributed by atoms with E-state index in [4.69, 9.17) is 0 Å². The predicted octanol–water partition coefficient (Wildman–Crippen LogP) is 2.60. The summed E-state index contributed by atoms with van der Waals surface area (Å²) in [4.78, 5) is 10.4. The first-order valence-electron chi connectivity index (χ1n) is 5.45. The average Bonchev–Trinajstić information content (AvgIpc) is 2.69. The Balaban J connectivity index is 2.74. The highest BCUT2D eigenvalue weighted by atomic mass is 16.6. The van der Waals surface area contributed by atoms with Crippen LogP contribution in [0, 0.1) is 10.1 Å². The average molecular weight is 210 g/mol. The number of nitrogens with zero attached hydrogens (tertiary/aromatic N) is 1. The maximum absolute atomic E-state index is 10.7. The molecule has 0 radical (unpaired) electrons. The van der Waals surface area contributed by atoms with Crippen LogP contribution in [0.15, 0.2) is 24.0 Å². The zero-order chi connectivity index (χ0) is 11.3. The molecule has 1 fully saturated rings. The molecule has 1 rings (SSSR count). The molecular formula is C11H18N2O2. The lowest BCUT2D eigenvalue weighted by Crippen LogP contribution is -2.27. The second kappa shape index (κ2) is 5.53. The standard InChI is InChI=1S/C11H18N2O2/c1-3-10(11(4-2)13(14)15)12-9-7-5-6-8-9/h4,9,12H,2-3,5-8H2,1H3/b11-10-. The van der Waals surface area contributed by atoms with Gasteiger partial charge in [0.1, 0.15) is 0 Å². The van der Waals surface area contributed by atoms with Crippen molar-refractivity contribution in [1.29, 1.82) is 0 Å². The van der Waals surface area contributed by atoms with Crippen molar-refractivity contribution in [2.75, 3.05) is 0 Å². The van der Waals surface area contributed by atoms with Crippen molar-refractivity contribution in [3.8, 4) is 0 Å². The van der Waals surface area contributed by atoms with E-state index < -0.39 is 0 Å². The predicted molar refractivity (Wildman–Crippen MR) is 59.9 cm³/mol. The largest absolute Gasteiger partial charge is 0.380 e. The highest BCUT2D eigenvalue weighted by Gasteiger charge is 2.19. The van der Waals surface area contributed by atoms with Gasteiger partial charge in [-0.05, 0) is 19.3 Å². The molecular weight excluding hydrogens is 192 g/mol. The molecule has 0 spiro atoms. The number of nitro groups is 1. The summed E-state index contributed by atoms with van der Waals surface area (Å²) in [7, 11) is 0. The third-order valence-corrected chi connectivity index (χ3v) is 2.79. The molecule has 1 N–H and O–H groups in total. The molecule has 0 atom stereocenters. The molecule has 1 aliphatic rings. The van der Waals surface area contributed by atoms with Crippen LogP contribution >= 0.6 is 0 Å². The highest BCUT2D eigenvalue weighted by molar-refractivity contribution is 5.16. The summed E-state index contributed by atoms with van der Waals surface area (Å²) >= 11 is 0. The van der Waals surface area contributed by atoms with Crippen LogP contribution in [0.2, 0.25) is 0 Å². The fourth-order valence-electron chi connectivity index (χ4n) is 1.98. The van der Waals surface area contributed by atoms with E-state index in [-0.39, 0.29) is 10.6 Å². The fraction of sp³-hybridized carbons (Fsp3) is 0.636. The molecule has 0 unspecified atom stereocenters. The Labute approximate surface area is 90.2 Å². The summed E-state index contributed by atoms with van der Waals surface area (Å²) in [5.41, 5.74) is 0.825. The molecule has 4 heteroatoms. The molecule has 0 aromatic heterocycles. The molecule has 1 aliphatic carbocycles. The minimum absolute atomic E-state index is 0.115. The molecule has 0 amide bonds. The zero-order valence-electron chi connectivity index (χ0n) is 9.16. The molecule has 0 aromatic rings. The second-order valence-corrected chi connectivity index (χ2v) is 3.80. The Kier molecular flexibility index (Phi) is 4.34. The normalized spacial score (nSPS) is 18.5. The lowest BCUT2D eigenvalue weighted by molar-refractivity contribution is -0.420. The van der Waals surface area contributed by atoms with E-state index in [0.717, 1.165) is 12.8 Å². The highest BCUT2D eigenvalue weighted by Crippen LogP contribution is 2.20. The molecule has 0 saturated heterocycles. The van der Waals surface area contributed by atoms with Crippen LogP contribution in [-0.2, 0) is 0 Å². The Morgan fingerprint density at radius 3 is 2.60 bits per heavy atom. The van der Waals surface area contributed by atoms with Gasteiger partial charge in [-0.25, -0.2) is 0 Å². The molecule has 0 bridgehead atoms. The van der Waals surface area contributed by atoms with Crippen LogP contribution in [0.1, 0.15) is 39.0 Å². The van der Waals surface area contributed by atoms with Crippen molar-refractivity contribution in [3.63, 3.8) is 0 Å². The third kappa shape index (κ3) is 3.08. The molecule has 15 heavy (non-hydrogen) atoms. The molecule has 84 valence electrons. The van der Waals surface area contributed by atoms with Crippen molar-refractivity contribution in [2.45, 2.75) is 45.1 Å². The number of allylic oxidation sites excluding steroid dienone is 2. The third-order valence-electron chi connectivity index (χ3n) is 2.79. The van der Waals surface area contributed by atoms with Crippen LogP contribution in [0.4, 0.5) is 0 Å². The topological polar surface area (TPSA) is 55.2 Å². The minimum atomic E-state index is -0.367. The molecule has 4 nitrogen and oxygen atoms in total. The van der Waals surface area contributed by atoms with Crippen LogP contribution in [0.25, 0.3) is 0 Å². The van der Waals surface area contributed by atoms with Gasteiger partial charge in [0.15, 0.2) is 0 Å².